The Hall–Kier alpha value is -1.95. The monoisotopic (exact) mass is 293 g/mol. The van der Waals surface area contributed by atoms with Crippen LogP contribution in [-0.4, -0.2) is 39.4 Å². The highest BCUT2D eigenvalue weighted by Crippen LogP contribution is 2.35. The number of rotatable bonds is 6. The summed E-state index contributed by atoms with van der Waals surface area (Å²) in [6.07, 6.45) is 3.24. The molecule has 1 fully saturated rings. The van der Waals surface area contributed by atoms with Crippen LogP contribution in [0.5, 0.6) is 11.5 Å². The average Bonchev–Trinajstić information content (AvgIpc) is 2.46. The van der Waals surface area contributed by atoms with E-state index in [2.05, 4.69) is 10.3 Å². The molecule has 0 saturated heterocycles. The van der Waals surface area contributed by atoms with Gasteiger partial charge in [0.05, 0.1) is 32.1 Å². The van der Waals surface area contributed by atoms with Crippen molar-refractivity contribution in [2.24, 2.45) is 10.7 Å². The Labute approximate surface area is 125 Å². The van der Waals surface area contributed by atoms with Crippen molar-refractivity contribution in [3.63, 3.8) is 0 Å². The van der Waals surface area contributed by atoms with Gasteiger partial charge in [0, 0.05) is 13.2 Å². The largest absolute Gasteiger partial charge is 0.497 e. The van der Waals surface area contributed by atoms with E-state index in [0.717, 1.165) is 24.3 Å². The number of aliphatic imine (C=N–C) groups is 1. The third kappa shape index (κ3) is 3.58. The topological polar surface area (TPSA) is 78.1 Å². The molecule has 116 valence electrons. The molecule has 2 rings (SSSR count). The first-order valence-electron chi connectivity index (χ1n) is 6.96. The smallest absolute Gasteiger partial charge is 0.193 e. The van der Waals surface area contributed by atoms with Crippen LogP contribution in [0.2, 0.25) is 0 Å². The van der Waals surface area contributed by atoms with E-state index in [1.165, 1.54) is 6.42 Å². The minimum absolute atomic E-state index is 0.134. The lowest BCUT2D eigenvalue weighted by Crippen LogP contribution is -2.43. The van der Waals surface area contributed by atoms with Gasteiger partial charge in [0.2, 0.25) is 0 Å². The molecule has 21 heavy (non-hydrogen) atoms. The summed E-state index contributed by atoms with van der Waals surface area (Å²) in [4.78, 5) is 4.38. The second kappa shape index (κ2) is 6.67. The Bertz CT molecular complexity index is 507. The Morgan fingerprint density at radius 2 is 2.05 bits per heavy atom. The second-order valence-electron chi connectivity index (χ2n) is 5.13. The minimum Gasteiger partial charge on any atom is -0.497 e. The van der Waals surface area contributed by atoms with E-state index < -0.39 is 0 Å². The number of ether oxygens (including phenoxy) is 3. The zero-order chi connectivity index (χ0) is 15.3. The number of anilines is 1. The minimum atomic E-state index is -0.134. The molecule has 0 spiro atoms. The van der Waals surface area contributed by atoms with Crippen LogP contribution >= 0.6 is 0 Å². The van der Waals surface area contributed by atoms with Crippen LogP contribution in [0.1, 0.15) is 19.3 Å². The van der Waals surface area contributed by atoms with Gasteiger partial charge in [0.15, 0.2) is 5.96 Å². The van der Waals surface area contributed by atoms with E-state index in [9.17, 15) is 0 Å². The lowest BCUT2D eigenvalue weighted by molar-refractivity contribution is -0.0629. The summed E-state index contributed by atoms with van der Waals surface area (Å²) in [5.74, 6) is 1.74. The van der Waals surface area contributed by atoms with Gasteiger partial charge in [0.1, 0.15) is 11.5 Å². The quantitative estimate of drug-likeness (QED) is 0.619. The van der Waals surface area contributed by atoms with Crippen LogP contribution in [0.4, 0.5) is 5.69 Å². The van der Waals surface area contributed by atoms with Gasteiger partial charge in [-0.25, -0.2) is 0 Å². The van der Waals surface area contributed by atoms with E-state index in [1.54, 1.807) is 21.3 Å². The van der Waals surface area contributed by atoms with Crippen LogP contribution in [0.15, 0.2) is 23.2 Å². The highest BCUT2D eigenvalue weighted by molar-refractivity contribution is 5.94. The normalized spacial score (nSPS) is 17.0. The van der Waals surface area contributed by atoms with Gasteiger partial charge in [-0.15, -0.1) is 0 Å². The van der Waals surface area contributed by atoms with E-state index in [4.69, 9.17) is 19.9 Å². The van der Waals surface area contributed by atoms with E-state index in [1.807, 2.05) is 18.2 Å². The zero-order valence-corrected chi connectivity index (χ0v) is 12.8. The van der Waals surface area contributed by atoms with Crippen LogP contribution < -0.4 is 20.5 Å². The fourth-order valence-electron chi connectivity index (χ4n) is 2.32. The van der Waals surface area contributed by atoms with Gasteiger partial charge in [-0.1, -0.05) is 0 Å². The molecular weight excluding hydrogens is 270 g/mol. The summed E-state index contributed by atoms with van der Waals surface area (Å²) >= 11 is 0. The summed E-state index contributed by atoms with van der Waals surface area (Å²) in [7, 11) is 4.94. The molecule has 0 amide bonds. The van der Waals surface area contributed by atoms with E-state index in [-0.39, 0.29) is 5.60 Å². The number of hydrogen-bond acceptors (Lipinski definition) is 4. The first kappa shape index (κ1) is 15.4. The molecule has 1 aliphatic carbocycles. The first-order valence-corrected chi connectivity index (χ1v) is 6.96. The molecule has 0 unspecified atom stereocenters. The summed E-state index contributed by atoms with van der Waals surface area (Å²) in [5.41, 5.74) is 6.53. The van der Waals surface area contributed by atoms with Gasteiger partial charge in [0.25, 0.3) is 0 Å². The van der Waals surface area contributed by atoms with Crippen molar-refractivity contribution < 1.29 is 14.2 Å². The molecule has 1 aliphatic rings. The van der Waals surface area contributed by atoms with Crippen molar-refractivity contribution >= 4 is 11.6 Å². The predicted molar refractivity (Wildman–Crippen MR) is 83.2 cm³/mol. The maximum absolute atomic E-state index is 5.95. The number of nitrogens with one attached hydrogen (secondary N) is 1. The number of hydrogen-bond donors (Lipinski definition) is 2. The van der Waals surface area contributed by atoms with Crippen molar-refractivity contribution in [1.82, 2.24) is 0 Å². The van der Waals surface area contributed by atoms with Crippen molar-refractivity contribution in [2.45, 2.75) is 24.9 Å². The Morgan fingerprint density at radius 3 is 2.57 bits per heavy atom. The standard InChI is InChI=1S/C15H23N3O3/c1-19-11-5-6-13(20-2)12(9-11)18-14(16)17-10-15(21-3)7-4-8-15/h5-6,9H,4,7-8,10H2,1-3H3,(H3,16,17,18). The van der Waals surface area contributed by atoms with Gasteiger partial charge in [-0.2, -0.15) is 0 Å². The Kier molecular flexibility index (Phi) is 4.90. The molecule has 0 radical (unpaired) electrons. The van der Waals surface area contributed by atoms with Crippen molar-refractivity contribution in [1.29, 1.82) is 0 Å². The fourth-order valence-corrected chi connectivity index (χ4v) is 2.32. The molecule has 0 atom stereocenters. The maximum atomic E-state index is 5.95. The van der Waals surface area contributed by atoms with E-state index >= 15 is 0 Å². The van der Waals surface area contributed by atoms with Gasteiger partial charge in [-0.3, -0.25) is 4.99 Å². The summed E-state index contributed by atoms with van der Waals surface area (Å²) < 4.78 is 16.0. The van der Waals surface area contributed by atoms with Gasteiger partial charge < -0.3 is 25.3 Å². The average molecular weight is 293 g/mol. The molecule has 1 aromatic carbocycles. The molecule has 0 heterocycles. The van der Waals surface area contributed by atoms with Crippen LogP contribution in [-0.2, 0) is 4.74 Å². The number of guanidine groups is 1. The highest BCUT2D eigenvalue weighted by Gasteiger charge is 2.36. The number of benzene rings is 1. The summed E-state index contributed by atoms with van der Waals surface area (Å²) in [6, 6.07) is 5.46. The number of nitrogens with two attached hydrogens (primary N) is 1. The summed E-state index contributed by atoms with van der Waals surface area (Å²) in [5, 5.41) is 3.05. The van der Waals surface area contributed by atoms with Crippen LogP contribution in [0, 0.1) is 0 Å². The zero-order valence-electron chi connectivity index (χ0n) is 12.8. The second-order valence-corrected chi connectivity index (χ2v) is 5.13. The molecule has 0 aliphatic heterocycles. The Balaban J connectivity index is 2.06. The Morgan fingerprint density at radius 1 is 1.29 bits per heavy atom. The molecular formula is C15H23N3O3. The highest BCUT2D eigenvalue weighted by atomic mass is 16.5. The first-order chi connectivity index (χ1) is 10.1. The molecule has 1 aromatic rings. The molecule has 3 N–H and O–H groups in total. The third-order valence-electron chi connectivity index (χ3n) is 3.90. The van der Waals surface area contributed by atoms with Crippen LogP contribution in [0.25, 0.3) is 0 Å². The fraction of sp³-hybridized carbons (Fsp3) is 0.533. The van der Waals surface area contributed by atoms with E-state index in [0.29, 0.717) is 18.3 Å². The maximum Gasteiger partial charge on any atom is 0.193 e. The number of methoxy groups -OCH3 is 3. The molecule has 0 aromatic heterocycles. The third-order valence-corrected chi connectivity index (χ3v) is 3.90. The van der Waals surface area contributed by atoms with Gasteiger partial charge in [-0.05, 0) is 31.4 Å². The van der Waals surface area contributed by atoms with Crippen molar-refractivity contribution in [2.75, 3.05) is 33.2 Å². The molecule has 1 saturated carbocycles. The number of nitrogens with zero attached hydrogens (tertiary/aromatic N) is 1. The van der Waals surface area contributed by atoms with Crippen LogP contribution in [0.3, 0.4) is 0 Å². The van der Waals surface area contributed by atoms with Gasteiger partial charge >= 0.3 is 0 Å². The summed E-state index contributed by atoms with van der Waals surface area (Å²) in [6.45, 7) is 0.564. The molecule has 6 heteroatoms. The predicted octanol–water partition coefficient (Wildman–Crippen LogP) is 2.00. The van der Waals surface area contributed by atoms with Crippen molar-refractivity contribution in [3.8, 4) is 11.5 Å². The SMILES string of the molecule is COc1ccc(OC)c(NC(N)=NCC2(OC)CCC2)c1. The lowest BCUT2D eigenvalue weighted by Gasteiger charge is -2.39. The molecule has 0 bridgehead atoms. The lowest BCUT2D eigenvalue weighted by atomic mass is 9.80. The van der Waals surface area contributed by atoms with Crippen molar-refractivity contribution in [3.05, 3.63) is 18.2 Å². The molecule has 6 nitrogen and oxygen atoms in total.